The number of carboxylic acid groups (broad SMARTS) is 1. The summed E-state index contributed by atoms with van der Waals surface area (Å²) in [7, 11) is 0. The Hall–Kier alpha value is -0.620. The van der Waals surface area contributed by atoms with Gasteiger partial charge >= 0.3 is 5.97 Å². The molecule has 1 aromatic heterocycles. The maximum absolute atomic E-state index is 10.5. The molecule has 1 N–H and O–H groups in total. The molecule has 0 aliphatic rings. The average molecular weight is 260 g/mol. The Morgan fingerprint density at radius 3 is 3.00 bits per heavy atom. The molecule has 0 radical (unpaired) electrons. The van der Waals surface area contributed by atoms with Gasteiger partial charge in [0.05, 0.1) is 11.4 Å². The van der Waals surface area contributed by atoms with Gasteiger partial charge in [0, 0.05) is 12.7 Å². The Morgan fingerprint density at radius 2 is 2.38 bits per heavy atom. The summed E-state index contributed by atoms with van der Waals surface area (Å²) >= 11 is 3.10. The first-order valence-electron chi connectivity index (χ1n) is 5.00. The Morgan fingerprint density at radius 1 is 1.62 bits per heavy atom. The molecule has 0 bridgehead atoms. The van der Waals surface area contributed by atoms with Crippen molar-refractivity contribution in [2.45, 2.75) is 25.0 Å². The number of aromatic nitrogens is 2. The first-order valence-corrected chi connectivity index (χ1v) is 7.38. The van der Waals surface area contributed by atoms with Crippen LogP contribution < -0.4 is 0 Å². The molecular weight excluding hydrogens is 244 g/mol. The molecule has 0 saturated heterocycles. The van der Waals surface area contributed by atoms with Gasteiger partial charge in [-0.25, -0.2) is 4.98 Å². The van der Waals surface area contributed by atoms with E-state index in [9.17, 15) is 4.79 Å². The summed E-state index contributed by atoms with van der Waals surface area (Å²) in [6, 6.07) is 0. The molecule has 0 aliphatic carbocycles. The molecule has 0 saturated carbocycles. The molecule has 90 valence electrons. The second-order valence-corrected chi connectivity index (χ2v) is 5.32. The second-order valence-electron chi connectivity index (χ2n) is 3.39. The van der Waals surface area contributed by atoms with E-state index < -0.39 is 5.97 Å². The Bertz CT molecular complexity index is 353. The molecule has 1 rings (SSSR count). The predicted molar refractivity (Wildman–Crippen MR) is 68.3 cm³/mol. The quantitative estimate of drug-likeness (QED) is 0.601. The molecule has 0 atom stereocenters. The van der Waals surface area contributed by atoms with Crippen molar-refractivity contribution in [1.82, 2.24) is 9.55 Å². The number of aliphatic carboxylic acids is 1. The van der Waals surface area contributed by atoms with Gasteiger partial charge in [0.2, 0.25) is 0 Å². The standard InChI is InChI=1S/C10H16N2O2S2/c1-8-6-12(4-3-5-15-2)10(11-8)16-7-9(13)14/h6H,3-5,7H2,1-2H3,(H,13,14). The Labute approximate surface area is 104 Å². The van der Waals surface area contributed by atoms with E-state index in [4.69, 9.17) is 5.11 Å². The minimum atomic E-state index is -0.804. The Kier molecular flexibility index (Phi) is 5.76. The fourth-order valence-electron chi connectivity index (χ4n) is 1.31. The molecule has 0 aromatic carbocycles. The fraction of sp³-hybridized carbons (Fsp3) is 0.600. The van der Waals surface area contributed by atoms with E-state index in [2.05, 4.69) is 11.2 Å². The molecule has 0 aliphatic heterocycles. The number of hydrogen-bond donors (Lipinski definition) is 1. The molecular formula is C10H16N2O2S2. The van der Waals surface area contributed by atoms with Gasteiger partial charge in [0.1, 0.15) is 0 Å². The molecule has 16 heavy (non-hydrogen) atoms. The summed E-state index contributed by atoms with van der Waals surface area (Å²) in [6.07, 6.45) is 5.14. The van der Waals surface area contributed by atoms with Crippen LogP contribution in [0.1, 0.15) is 12.1 Å². The van der Waals surface area contributed by atoms with Crippen molar-refractivity contribution in [3.8, 4) is 0 Å². The van der Waals surface area contributed by atoms with Crippen molar-refractivity contribution < 1.29 is 9.90 Å². The minimum absolute atomic E-state index is 0.0684. The van der Waals surface area contributed by atoms with E-state index in [1.807, 2.05) is 29.4 Å². The van der Waals surface area contributed by atoms with Crippen molar-refractivity contribution in [3.63, 3.8) is 0 Å². The van der Waals surface area contributed by atoms with Gasteiger partial charge in [-0.3, -0.25) is 4.79 Å². The van der Waals surface area contributed by atoms with Crippen molar-refractivity contribution in [2.75, 3.05) is 17.8 Å². The molecule has 0 fully saturated rings. The molecule has 0 amide bonds. The van der Waals surface area contributed by atoms with Crippen molar-refractivity contribution >= 4 is 29.5 Å². The number of aryl methyl sites for hydroxylation is 2. The van der Waals surface area contributed by atoms with Crippen molar-refractivity contribution in [1.29, 1.82) is 0 Å². The number of carbonyl (C=O) groups is 1. The summed E-state index contributed by atoms with van der Waals surface area (Å²) < 4.78 is 2.04. The smallest absolute Gasteiger partial charge is 0.313 e. The van der Waals surface area contributed by atoms with Crippen molar-refractivity contribution in [2.24, 2.45) is 0 Å². The van der Waals surface area contributed by atoms with Gasteiger partial charge in [-0.15, -0.1) is 0 Å². The van der Waals surface area contributed by atoms with E-state index in [0.717, 1.165) is 29.6 Å². The van der Waals surface area contributed by atoms with E-state index in [1.165, 1.54) is 11.8 Å². The summed E-state index contributed by atoms with van der Waals surface area (Å²) in [5.74, 6) is 0.375. The lowest BCUT2D eigenvalue weighted by Gasteiger charge is -2.05. The highest BCUT2D eigenvalue weighted by Crippen LogP contribution is 2.18. The largest absolute Gasteiger partial charge is 0.481 e. The summed E-state index contributed by atoms with van der Waals surface area (Å²) in [5, 5.41) is 9.43. The van der Waals surface area contributed by atoms with Gasteiger partial charge < -0.3 is 9.67 Å². The van der Waals surface area contributed by atoms with Crippen LogP contribution in [-0.2, 0) is 11.3 Å². The van der Waals surface area contributed by atoms with E-state index in [0.29, 0.717) is 0 Å². The Balaban J connectivity index is 2.56. The maximum Gasteiger partial charge on any atom is 0.313 e. The highest BCUT2D eigenvalue weighted by Gasteiger charge is 2.08. The zero-order valence-electron chi connectivity index (χ0n) is 9.47. The molecule has 1 heterocycles. The van der Waals surface area contributed by atoms with E-state index in [-0.39, 0.29) is 5.75 Å². The second kappa shape index (κ2) is 6.85. The van der Waals surface area contributed by atoms with Crippen LogP contribution >= 0.6 is 23.5 Å². The number of nitrogens with zero attached hydrogens (tertiary/aromatic N) is 2. The topological polar surface area (TPSA) is 55.1 Å². The van der Waals surface area contributed by atoms with Crippen LogP contribution in [0.4, 0.5) is 0 Å². The number of thioether (sulfide) groups is 2. The molecule has 1 aromatic rings. The third kappa shape index (κ3) is 4.49. The normalized spacial score (nSPS) is 10.6. The number of hydrogen-bond acceptors (Lipinski definition) is 4. The molecule has 0 unspecified atom stereocenters. The zero-order chi connectivity index (χ0) is 12.0. The van der Waals surface area contributed by atoms with Crippen LogP contribution in [0, 0.1) is 6.92 Å². The first-order chi connectivity index (χ1) is 7.63. The number of imidazole rings is 1. The molecule has 0 spiro atoms. The van der Waals surface area contributed by atoms with Crippen LogP contribution in [0.15, 0.2) is 11.4 Å². The highest BCUT2D eigenvalue weighted by molar-refractivity contribution is 7.99. The van der Waals surface area contributed by atoms with Crippen molar-refractivity contribution in [3.05, 3.63) is 11.9 Å². The predicted octanol–water partition coefficient (Wildman–Crippen LogP) is 2.12. The SMILES string of the molecule is CSCCCn1cc(C)nc1SCC(=O)O. The highest BCUT2D eigenvalue weighted by atomic mass is 32.2. The molecule has 6 heteroatoms. The van der Waals surface area contributed by atoms with Gasteiger partial charge in [0.25, 0.3) is 0 Å². The fourth-order valence-corrected chi connectivity index (χ4v) is 2.49. The van der Waals surface area contributed by atoms with Crippen LogP contribution in [0.25, 0.3) is 0 Å². The van der Waals surface area contributed by atoms with Gasteiger partial charge in [0.15, 0.2) is 5.16 Å². The van der Waals surface area contributed by atoms with Crippen LogP contribution in [0.2, 0.25) is 0 Å². The third-order valence-corrected chi connectivity index (χ3v) is 3.60. The summed E-state index contributed by atoms with van der Waals surface area (Å²) in [5.41, 5.74) is 0.942. The lowest BCUT2D eigenvalue weighted by Crippen LogP contribution is -2.03. The average Bonchev–Trinajstić information content (AvgIpc) is 2.56. The number of carboxylic acids is 1. The maximum atomic E-state index is 10.5. The van der Waals surface area contributed by atoms with Crippen LogP contribution in [-0.4, -0.2) is 38.4 Å². The lowest BCUT2D eigenvalue weighted by molar-refractivity contribution is -0.133. The van der Waals surface area contributed by atoms with E-state index >= 15 is 0 Å². The zero-order valence-corrected chi connectivity index (χ0v) is 11.1. The van der Waals surface area contributed by atoms with Crippen LogP contribution in [0.5, 0.6) is 0 Å². The van der Waals surface area contributed by atoms with Gasteiger partial charge in [-0.2, -0.15) is 11.8 Å². The summed E-state index contributed by atoms with van der Waals surface area (Å²) in [6.45, 7) is 2.83. The molecule has 4 nitrogen and oxygen atoms in total. The summed E-state index contributed by atoms with van der Waals surface area (Å²) in [4.78, 5) is 14.8. The minimum Gasteiger partial charge on any atom is -0.481 e. The first kappa shape index (κ1) is 13.4. The van der Waals surface area contributed by atoms with Crippen LogP contribution in [0.3, 0.4) is 0 Å². The van der Waals surface area contributed by atoms with Gasteiger partial charge in [-0.05, 0) is 25.4 Å². The van der Waals surface area contributed by atoms with E-state index in [1.54, 1.807) is 0 Å². The lowest BCUT2D eigenvalue weighted by atomic mass is 10.5. The third-order valence-electron chi connectivity index (χ3n) is 1.93. The number of rotatable bonds is 7. The monoisotopic (exact) mass is 260 g/mol. The van der Waals surface area contributed by atoms with Gasteiger partial charge in [-0.1, -0.05) is 11.8 Å².